The van der Waals surface area contributed by atoms with Gasteiger partial charge in [0, 0.05) is 5.56 Å². The van der Waals surface area contributed by atoms with Crippen LogP contribution in [0, 0.1) is 0 Å². The summed E-state index contributed by atoms with van der Waals surface area (Å²) in [6, 6.07) is 1.59. The molecule has 14 heavy (non-hydrogen) atoms. The second kappa shape index (κ2) is 5.24. The molecule has 0 spiro atoms. The number of carboxylic acid groups (broad SMARTS) is 1. The van der Waals surface area contributed by atoms with E-state index >= 15 is 0 Å². The van der Waals surface area contributed by atoms with E-state index in [0.717, 1.165) is 6.42 Å². The van der Waals surface area contributed by atoms with Crippen molar-refractivity contribution in [3.63, 3.8) is 0 Å². The molecule has 0 aliphatic carbocycles. The highest BCUT2D eigenvalue weighted by Crippen LogP contribution is 2.11. The molecule has 1 aromatic heterocycles. The molecule has 1 rings (SSSR count). The minimum atomic E-state index is -1.07. The highest BCUT2D eigenvalue weighted by molar-refractivity contribution is 5.85. The molecular weight excluding hydrogens is 184 g/mol. The third kappa shape index (κ3) is 2.74. The molecule has 0 fully saturated rings. The molecule has 1 heterocycles. The van der Waals surface area contributed by atoms with Crippen molar-refractivity contribution in [1.29, 1.82) is 0 Å². The SMILES string of the molecule is C=CCCOCc1ccoc1C(=O)O. The number of ether oxygens (including phenoxy) is 1. The van der Waals surface area contributed by atoms with Crippen LogP contribution in [0.15, 0.2) is 29.4 Å². The number of hydrogen-bond donors (Lipinski definition) is 1. The maximum absolute atomic E-state index is 10.6. The van der Waals surface area contributed by atoms with Gasteiger partial charge in [-0.1, -0.05) is 6.08 Å². The van der Waals surface area contributed by atoms with Crippen LogP contribution in [0.1, 0.15) is 22.5 Å². The van der Waals surface area contributed by atoms with Gasteiger partial charge in [-0.05, 0) is 12.5 Å². The Morgan fingerprint density at radius 2 is 2.50 bits per heavy atom. The van der Waals surface area contributed by atoms with Gasteiger partial charge in [0.25, 0.3) is 0 Å². The second-order valence-corrected chi connectivity index (χ2v) is 2.71. The van der Waals surface area contributed by atoms with Crippen LogP contribution in [0.5, 0.6) is 0 Å². The third-order valence-corrected chi connectivity index (χ3v) is 1.66. The minimum absolute atomic E-state index is 0.0522. The molecule has 4 nitrogen and oxygen atoms in total. The number of aromatic carboxylic acids is 1. The number of rotatable bonds is 6. The zero-order chi connectivity index (χ0) is 10.4. The average molecular weight is 196 g/mol. The minimum Gasteiger partial charge on any atom is -0.475 e. The lowest BCUT2D eigenvalue weighted by Crippen LogP contribution is -2.01. The number of furan rings is 1. The first kappa shape index (κ1) is 10.5. The lowest BCUT2D eigenvalue weighted by molar-refractivity contribution is 0.0650. The first-order valence-corrected chi connectivity index (χ1v) is 4.24. The van der Waals surface area contributed by atoms with Crippen molar-refractivity contribution in [3.05, 3.63) is 36.3 Å². The zero-order valence-corrected chi connectivity index (χ0v) is 7.73. The van der Waals surface area contributed by atoms with Crippen molar-refractivity contribution in [2.45, 2.75) is 13.0 Å². The highest BCUT2D eigenvalue weighted by atomic mass is 16.5. The molecule has 0 saturated heterocycles. The smallest absolute Gasteiger partial charge is 0.372 e. The largest absolute Gasteiger partial charge is 0.475 e. The summed E-state index contributed by atoms with van der Waals surface area (Å²) in [7, 11) is 0. The van der Waals surface area contributed by atoms with E-state index in [1.54, 1.807) is 12.1 Å². The molecule has 0 unspecified atom stereocenters. The molecule has 0 aliphatic heterocycles. The van der Waals surface area contributed by atoms with E-state index in [2.05, 4.69) is 6.58 Å². The van der Waals surface area contributed by atoms with Gasteiger partial charge < -0.3 is 14.3 Å². The molecule has 0 aromatic carbocycles. The van der Waals surface area contributed by atoms with Crippen molar-refractivity contribution in [2.24, 2.45) is 0 Å². The average Bonchev–Trinajstić information content (AvgIpc) is 2.60. The lowest BCUT2D eigenvalue weighted by atomic mass is 10.2. The molecule has 0 radical (unpaired) electrons. The lowest BCUT2D eigenvalue weighted by Gasteiger charge is -2.00. The van der Waals surface area contributed by atoms with Crippen molar-refractivity contribution < 1.29 is 19.1 Å². The van der Waals surface area contributed by atoms with Crippen LogP contribution in [-0.2, 0) is 11.3 Å². The molecule has 4 heteroatoms. The van der Waals surface area contributed by atoms with Crippen LogP contribution in [0.3, 0.4) is 0 Å². The van der Waals surface area contributed by atoms with E-state index in [1.807, 2.05) is 0 Å². The Morgan fingerprint density at radius 1 is 1.71 bits per heavy atom. The predicted octanol–water partition coefficient (Wildman–Crippen LogP) is 2.07. The van der Waals surface area contributed by atoms with Crippen molar-refractivity contribution in [1.82, 2.24) is 0 Å². The Morgan fingerprint density at radius 3 is 3.14 bits per heavy atom. The molecule has 0 aliphatic rings. The van der Waals surface area contributed by atoms with Crippen LogP contribution in [0.2, 0.25) is 0 Å². The highest BCUT2D eigenvalue weighted by Gasteiger charge is 2.13. The van der Waals surface area contributed by atoms with Gasteiger partial charge in [-0.25, -0.2) is 4.79 Å². The Hall–Kier alpha value is -1.55. The Kier molecular flexibility index (Phi) is 3.94. The summed E-state index contributed by atoms with van der Waals surface area (Å²) in [5.74, 6) is -1.12. The molecular formula is C10H12O4. The van der Waals surface area contributed by atoms with Gasteiger partial charge in [-0.15, -0.1) is 6.58 Å². The molecule has 0 bridgehead atoms. The van der Waals surface area contributed by atoms with E-state index in [1.165, 1.54) is 6.26 Å². The molecule has 76 valence electrons. The number of carbonyl (C=O) groups is 1. The monoisotopic (exact) mass is 196 g/mol. The molecule has 0 amide bonds. The quantitative estimate of drug-likeness (QED) is 0.559. The van der Waals surface area contributed by atoms with Crippen molar-refractivity contribution in [2.75, 3.05) is 6.61 Å². The third-order valence-electron chi connectivity index (χ3n) is 1.66. The van der Waals surface area contributed by atoms with Gasteiger partial charge in [0.1, 0.15) is 0 Å². The summed E-state index contributed by atoms with van der Waals surface area (Å²) in [6.07, 6.45) is 3.84. The zero-order valence-electron chi connectivity index (χ0n) is 7.73. The van der Waals surface area contributed by atoms with E-state index in [4.69, 9.17) is 14.3 Å². The van der Waals surface area contributed by atoms with Gasteiger partial charge in [0.15, 0.2) is 0 Å². The molecule has 0 saturated carbocycles. The maximum atomic E-state index is 10.6. The van der Waals surface area contributed by atoms with Gasteiger partial charge in [-0.2, -0.15) is 0 Å². The summed E-state index contributed by atoms with van der Waals surface area (Å²) in [6.45, 7) is 4.34. The predicted molar refractivity (Wildman–Crippen MR) is 50.1 cm³/mol. The molecule has 1 N–H and O–H groups in total. The Labute approximate surface area is 81.8 Å². The Balaban J connectivity index is 2.45. The fourth-order valence-corrected chi connectivity index (χ4v) is 0.986. The standard InChI is InChI=1S/C10H12O4/c1-2-3-5-13-7-8-4-6-14-9(8)10(11)12/h2,4,6H,1,3,5,7H2,(H,11,12). The van der Waals surface area contributed by atoms with Crippen molar-refractivity contribution >= 4 is 5.97 Å². The normalized spacial score (nSPS) is 10.0. The fraction of sp³-hybridized carbons (Fsp3) is 0.300. The number of hydrogen-bond acceptors (Lipinski definition) is 3. The van der Waals surface area contributed by atoms with E-state index in [-0.39, 0.29) is 12.4 Å². The van der Waals surface area contributed by atoms with Gasteiger partial charge in [0.2, 0.25) is 5.76 Å². The van der Waals surface area contributed by atoms with Gasteiger partial charge >= 0.3 is 5.97 Å². The summed E-state index contributed by atoms with van der Waals surface area (Å²) < 4.78 is 10.00. The van der Waals surface area contributed by atoms with E-state index in [0.29, 0.717) is 12.2 Å². The van der Waals surface area contributed by atoms with Gasteiger partial charge in [0.05, 0.1) is 19.5 Å². The van der Waals surface area contributed by atoms with Crippen LogP contribution >= 0.6 is 0 Å². The van der Waals surface area contributed by atoms with Crippen LogP contribution in [-0.4, -0.2) is 17.7 Å². The molecule has 0 atom stereocenters. The first-order chi connectivity index (χ1) is 6.75. The van der Waals surface area contributed by atoms with Crippen LogP contribution in [0.25, 0.3) is 0 Å². The van der Waals surface area contributed by atoms with E-state index in [9.17, 15) is 4.79 Å². The molecule has 1 aromatic rings. The summed E-state index contributed by atoms with van der Waals surface area (Å²) >= 11 is 0. The fourth-order valence-electron chi connectivity index (χ4n) is 0.986. The Bertz CT molecular complexity index is 314. The summed E-state index contributed by atoms with van der Waals surface area (Å²) in [5, 5.41) is 8.69. The van der Waals surface area contributed by atoms with Crippen LogP contribution < -0.4 is 0 Å². The topological polar surface area (TPSA) is 59.7 Å². The van der Waals surface area contributed by atoms with Crippen LogP contribution in [0.4, 0.5) is 0 Å². The maximum Gasteiger partial charge on any atom is 0.372 e. The number of carboxylic acids is 1. The van der Waals surface area contributed by atoms with Gasteiger partial charge in [-0.3, -0.25) is 0 Å². The summed E-state index contributed by atoms with van der Waals surface area (Å²) in [5.41, 5.74) is 0.557. The summed E-state index contributed by atoms with van der Waals surface area (Å²) in [4.78, 5) is 10.6. The first-order valence-electron chi connectivity index (χ1n) is 4.24. The van der Waals surface area contributed by atoms with Crippen molar-refractivity contribution in [3.8, 4) is 0 Å². The second-order valence-electron chi connectivity index (χ2n) is 2.71. The van der Waals surface area contributed by atoms with E-state index < -0.39 is 5.97 Å².